The van der Waals surface area contributed by atoms with Gasteiger partial charge in [-0.2, -0.15) is 0 Å². The Hall–Kier alpha value is -3.24. The van der Waals surface area contributed by atoms with Gasteiger partial charge in [-0.25, -0.2) is 0 Å². The second kappa shape index (κ2) is 8.84. The summed E-state index contributed by atoms with van der Waals surface area (Å²) in [6.07, 6.45) is 1.61. The minimum absolute atomic E-state index is 0.176. The number of carbonyl (C=O) groups is 1. The average molecular weight is 425 g/mol. The van der Waals surface area contributed by atoms with Crippen LogP contribution in [-0.2, 0) is 4.79 Å². The van der Waals surface area contributed by atoms with Crippen LogP contribution in [0, 0.1) is 0 Å². The van der Waals surface area contributed by atoms with Gasteiger partial charge in [-0.3, -0.25) is 14.7 Å². The standard InChI is InChI=1S/C19H16N6O2S2/c1-27-15-9-7-14(8-10-15)25-12-20-24-19(25)28-11-16(26)21-18-23-22-17(29-18)13-5-3-2-4-6-13/h2-10,12H,11H2,1H3,(H,21,23,26). The highest BCUT2D eigenvalue weighted by molar-refractivity contribution is 7.99. The van der Waals surface area contributed by atoms with Crippen molar-refractivity contribution in [1.82, 2.24) is 25.0 Å². The molecule has 0 saturated heterocycles. The van der Waals surface area contributed by atoms with Crippen LogP contribution in [0.5, 0.6) is 5.75 Å². The number of rotatable bonds is 7. The molecule has 0 aliphatic heterocycles. The fourth-order valence-corrected chi connectivity index (χ4v) is 3.99. The number of carbonyl (C=O) groups excluding carboxylic acids is 1. The van der Waals surface area contributed by atoms with Crippen molar-refractivity contribution in [3.8, 4) is 22.0 Å². The highest BCUT2D eigenvalue weighted by Gasteiger charge is 2.13. The van der Waals surface area contributed by atoms with Gasteiger partial charge in [0.25, 0.3) is 0 Å². The first kappa shape index (κ1) is 19.1. The van der Waals surface area contributed by atoms with E-state index in [4.69, 9.17) is 4.74 Å². The molecule has 146 valence electrons. The fraction of sp³-hybridized carbons (Fsp3) is 0.105. The lowest BCUT2D eigenvalue weighted by atomic mass is 10.2. The van der Waals surface area contributed by atoms with Crippen LogP contribution in [0.2, 0.25) is 0 Å². The Kier molecular flexibility index (Phi) is 5.82. The van der Waals surface area contributed by atoms with Gasteiger partial charge in [-0.15, -0.1) is 20.4 Å². The first-order valence-electron chi connectivity index (χ1n) is 8.59. The van der Waals surface area contributed by atoms with Gasteiger partial charge >= 0.3 is 0 Å². The van der Waals surface area contributed by atoms with Crippen LogP contribution in [-0.4, -0.2) is 43.7 Å². The van der Waals surface area contributed by atoms with Crippen molar-refractivity contribution in [1.29, 1.82) is 0 Å². The predicted octanol–water partition coefficient (Wildman–Crippen LogP) is 3.53. The monoisotopic (exact) mass is 424 g/mol. The number of anilines is 1. The number of methoxy groups -OCH3 is 1. The number of amides is 1. The van der Waals surface area contributed by atoms with Crippen LogP contribution < -0.4 is 10.1 Å². The second-order valence-electron chi connectivity index (χ2n) is 5.80. The largest absolute Gasteiger partial charge is 0.497 e. The Morgan fingerprint density at radius 3 is 2.66 bits per heavy atom. The minimum Gasteiger partial charge on any atom is -0.497 e. The summed E-state index contributed by atoms with van der Waals surface area (Å²) in [4.78, 5) is 12.3. The van der Waals surface area contributed by atoms with Gasteiger partial charge in [-0.05, 0) is 24.3 Å². The van der Waals surface area contributed by atoms with Crippen LogP contribution in [0.25, 0.3) is 16.3 Å². The van der Waals surface area contributed by atoms with Crippen LogP contribution in [0.1, 0.15) is 0 Å². The van der Waals surface area contributed by atoms with Gasteiger partial charge in [0.05, 0.1) is 12.9 Å². The zero-order valence-corrected chi connectivity index (χ0v) is 17.0. The number of aromatic nitrogens is 5. The smallest absolute Gasteiger partial charge is 0.236 e. The molecule has 0 fully saturated rings. The van der Waals surface area contributed by atoms with E-state index in [1.165, 1.54) is 23.1 Å². The molecule has 2 aromatic carbocycles. The molecule has 1 N–H and O–H groups in total. The topological polar surface area (TPSA) is 94.8 Å². The summed E-state index contributed by atoms with van der Waals surface area (Å²) in [5.74, 6) is 0.757. The molecule has 8 nitrogen and oxygen atoms in total. The normalized spacial score (nSPS) is 10.7. The summed E-state index contributed by atoms with van der Waals surface area (Å²) in [5, 5.41) is 20.8. The highest BCUT2D eigenvalue weighted by Crippen LogP contribution is 2.26. The quantitative estimate of drug-likeness (QED) is 0.454. The van der Waals surface area contributed by atoms with Crippen molar-refractivity contribution >= 4 is 34.1 Å². The van der Waals surface area contributed by atoms with Crippen molar-refractivity contribution in [3.63, 3.8) is 0 Å². The molecule has 0 aliphatic carbocycles. The zero-order valence-electron chi connectivity index (χ0n) is 15.3. The molecule has 29 heavy (non-hydrogen) atoms. The van der Waals surface area contributed by atoms with E-state index in [9.17, 15) is 4.79 Å². The summed E-state index contributed by atoms with van der Waals surface area (Å²) < 4.78 is 6.99. The summed E-state index contributed by atoms with van der Waals surface area (Å²) in [7, 11) is 1.62. The van der Waals surface area contributed by atoms with Crippen molar-refractivity contribution < 1.29 is 9.53 Å². The number of benzene rings is 2. The maximum Gasteiger partial charge on any atom is 0.236 e. The molecule has 2 aromatic heterocycles. The van der Waals surface area contributed by atoms with Crippen molar-refractivity contribution in [3.05, 3.63) is 60.9 Å². The molecule has 0 atom stereocenters. The van der Waals surface area contributed by atoms with E-state index in [2.05, 4.69) is 25.7 Å². The molecule has 4 rings (SSSR count). The van der Waals surface area contributed by atoms with Crippen molar-refractivity contribution in [2.45, 2.75) is 5.16 Å². The molecular formula is C19H16N6O2S2. The predicted molar refractivity (Wildman–Crippen MR) is 113 cm³/mol. The first-order valence-corrected chi connectivity index (χ1v) is 10.4. The van der Waals surface area contributed by atoms with Gasteiger partial charge in [-0.1, -0.05) is 53.4 Å². The Balaban J connectivity index is 1.37. The Morgan fingerprint density at radius 2 is 1.90 bits per heavy atom. The average Bonchev–Trinajstić information content (AvgIpc) is 3.42. The minimum atomic E-state index is -0.185. The highest BCUT2D eigenvalue weighted by atomic mass is 32.2. The van der Waals surface area contributed by atoms with Crippen molar-refractivity contribution in [2.75, 3.05) is 18.2 Å². The van der Waals surface area contributed by atoms with E-state index in [0.29, 0.717) is 10.3 Å². The van der Waals surface area contributed by atoms with E-state index in [0.717, 1.165) is 22.0 Å². The third-order valence-electron chi connectivity index (χ3n) is 3.89. The number of nitrogens with one attached hydrogen (secondary N) is 1. The molecule has 0 unspecified atom stereocenters. The third-order valence-corrected chi connectivity index (χ3v) is 5.72. The molecule has 0 saturated carbocycles. The SMILES string of the molecule is COc1ccc(-n2cnnc2SCC(=O)Nc2nnc(-c3ccccc3)s2)cc1. The molecule has 0 radical (unpaired) electrons. The maximum absolute atomic E-state index is 12.3. The lowest BCUT2D eigenvalue weighted by molar-refractivity contribution is -0.113. The van der Waals surface area contributed by atoms with E-state index >= 15 is 0 Å². The number of thioether (sulfide) groups is 1. The van der Waals surface area contributed by atoms with E-state index in [1.807, 2.05) is 59.2 Å². The van der Waals surface area contributed by atoms with Gasteiger partial charge in [0.15, 0.2) is 5.16 Å². The molecular weight excluding hydrogens is 408 g/mol. The second-order valence-corrected chi connectivity index (χ2v) is 7.72. The number of nitrogens with zero attached hydrogens (tertiary/aromatic N) is 5. The van der Waals surface area contributed by atoms with Gasteiger partial charge < -0.3 is 4.74 Å². The molecule has 10 heteroatoms. The van der Waals surface area contributed by atoms with E-state index < -0.39 is 0 Å². The fourth-order valence-electron chi connectivity index (χ4n) is 2.50. The number of hydrogen-bond donors (Lipinski definition) is 1. The molecule has 0 spiro atoms. The Morgan fingerprint density at radius 1 is 1.10 bits per heavy atom. The van der Waals surface area contributed by atoms with Gasteiger partial charge in [0.1, 0.15) is 17.1 Å². The van der Waals surface area contributed by atoms with Gasteiger partial charge in [0.2, 0.25) is 11.0 Å². The van der Waals surface area contributed by atoms with Crippen molar-refractivity contribution in [2.24, 2.45) is 0 Å². The molecule has 4 aromatic rings. The van der Waals surface area contributed by atoms with Crippen LogP contribution in [0.15, 0.2) is 66.1 Å². The summed E-state index contributed by atoms with van der Waals surface area (Å²) in [6, 6.07) is 17.2. The Bertz CT molecular complexity index is 1100. The third kappa shape index (κ3) is 4.61. The Labute approximate surface area is 175 Å². The first-order chi connectivity index (χ1) is 14.2. The van der Waals surface area contributed by atoms with E-state index in [-0.39, 0.29) is 11.7 Å². The lowest BCUT2D eigenvalue weighted by Gasteiger charge is -2.07. The summed E-state index contributed by atoms with van der Waals surface area (Å²) in [5.41, 5.74) is 1.85. The molecule has 2 heterocycles. The molecule has 0 aliphatic rings. The molecule has 1 amide bonds. The van der Waals surface area contributed by atoms with E-state index in [1.54, 1.807) is 13.4 Å². The lowest BCUT2D eigenvalue weighted by Crippen LogP contribution is -2.14. The van der Waals surface area contributed by atoms with Crippen LogP contribution >= 0.6 is 23.1 Å². The van der Waals surface area contributed by atoms with Gasteiger partial charge in [0, 0.05) is 11.3 Å². The van der Waals surface area contributed by atoms with Crippen LogP contribution in [0.3, 0.4) is 0 Å². The van der Waals surface area contributed by atoms with Crippen LogP contribution in [0.4, 0.5) is 5.13 Å². The molecule has 0 bridgehead atoms. The maximum atomic E-state index is 12.3. The summed E-state index contributed by atoms with van der Waals surface area (Å²) in [6.45, 7) is 0. The number of hydrogen-bond acceptors (Lipinski definition) is 8. The summed E-state index contributed by atoms with van der Waals surface area (Å²) >= 11 is 2.62. The number of ether oxygens (including phenoxy) is 1. The zero-order chi connectivity index (χ0) is 20.1.